The number of carbonyl (C=O) groups is 2. The number of carbonyl (C=O) groups excluding carboxylic acids is 1. The molecule has 88 valence electrons. The fraction of sp³-hybridized carbons (Fsp3) is 0.818. The fourth-order valence-corrected chi connectivity index (χ4v) is 1.41. The topological polar surface area (TPSA) is 63.6 Å². The van der Waals surface area contributed by atoms with E-state index in [0.29, 0.717) is 13.0 Å². The Morgan fingerprint density at radius 2 is 1.93 bits per heavy atom. The summed E-state index contributed by atoms with van der Waals surface area (Å²) in [5, 5.41) is 8.65. The summed E-state index contributed by atoms with van der Waals surface area (Å²) in [7, 11) is 0. The van der Waals surface area contributed by atoms with Crippen molar-refractivity contribution in [3.63, 3.8) is 0 Å². The standard InChI is InChI=1S/C11H20O4/c1-3-5-6-7-9(8-10(12)13)11(14)15-4-2/h9H,3-8H2,1-2H3,(H,12,13)/t9-/m1/s1. The maximum Gasteiger partial charge on any atom is 0.309 e. The van der Waals surface area contributed by atoms with Gasteiger partial charge in [-0.3, -0.25) is 9.59 Å². The summed E-state index contributed by atoms with van der Waals surface area (Å²) in [5.41, 5.74) is 0. The van der Waals surface area contributed by atoms with Gasteiger partial charge < -0.3 is 9.84 Å². The van der Waals surface area contributed by atoms with Crippen LogP contribution in [0.5, 0.6) is 0 Å². The lowest BCUT2D eigenvalue weighted by molar-refractivity contribution is -0.153. The van der Waals surface area contributed by atoms with E-state index in [-0.39, 0.29) is 12.4 Å². The van der Waals surface area contributed by atoms with Crippen molar-refractivity contribution in [1.29, 1.82) is 0 Å². The summed E-state index contributed by atoms with van der Waals surface area (Å²) in [6.07, 6.45) is 3.45. The highest BCUT2D eigenvalue weighted by Gasteiger charge is 2.22. The van der Waals surface area contributed by atoms with Crippen molar-refractivity contribution in [1.82, 2.24) is 0 Å². The second-order valence-corrected chi connectivity index (χ2v) is 3.54. The third-order valence-corrected chi connectivity index (χ3v) is 2.20. The lowest BCUT2D eigenvalue weighted by Crippen LogP contribution is -2.21. The number of hydrogen-bond donors (Lipinski definition) is 1. The minimum atomic E-state index is -0.940. The van der Waals surface area contributed by atoms with Crippen LogP contribution in [-0.4, -0.2) is 23.7 Å². The molecule has 0 spiro atoms. The number of unbranched alkanes of at least 4 members (excludes halogenated alkanes) is 2. The molecule has 0 aliphatic heterocycles. The maximum absolute atomic E-state index is 11.4. The highest BCUT2D eigenvalue weighted by atomic mass is 16.5. The molecule has 1 atom stereocenters. The molecule has 0 aromatic rings. The summed E-state index contributed by atoms with van der Waals surface area (Å²) in [6.45, 7) is 4.10. The quantitative estimate of drug-likeness (QED) is 0.499. The summed E-state index contributed by atoms with van der Waals surface area (Å²) >= 11 is 0. The first-order valence-corrected chi connectivity index (χ1v) is 5.50. The molecule has 0 rings (SSSR count). The van der Waals surface area contributed by atoms with Crippen molar-refractivity contribution < 1.29 is 19.4 Å². The largest absolute Gasteiger partial charge is 0.481 e. The van der Waals surface area contributed by atoms with Crippen LogP contribution in [0.4, 0.5) is 0 Å². The molecule has 0 aliphatic carbocycles. The van der Waals surface area contributed by atoms with Gasteiger partial charge in [0, 0.05) is 0 Å². The summed E-state index contributed by atoms with van der Waals surface area (Å²) in [5.74, 6) is -1.80. The van der Waals surface area contributed by atoms with E-state index in [4.69, 9.17) is 9.84 Å². The molecule has 0 bridgehead atoms. The van der Waals surface area contributed by atoms with E-state index in [1.807, 2.05) is 0 Å². The van der Waals surface area contributed by atoms with Crippen molar-refractivity contribution in [2.45, 2.75) is 46.0 Å². The van der Waals surface area contributed by atoms with Gasteiger partial charge in [0.15, 0.2) is 0 Å². The van der Waals surface area contributed by atoms with Crippen molar-refractivity contribution in [2.24, 2.45) is 5.92 Å². The SMILES string of the molecule is CCCCC[C@H](CC(=O)O)C(=O)OCC. The van der Waals surface area contributed by atoms with E-state index in [1.165, 1.54) is 0 Å². The molecule has 0 aromatic carbocycles. The number of rotatable bonds is 8. The van der Waals surface area contributed by atoms with Crippen LogP contribution in [0.3, 0.4) is 0 Å². The Labute approximate surface area is 90.6 Å². The lowest BCUT2D eigenvalue weighted by Gasteiger charge is -2.12. The molecule has 0 radical (unpaired) electrons. The maximum atomic E-state index is 11.4. The molecule has 0 fully saturated rings. The van der Waals surface area contributed by atoms with E-state index in [2.05, 4.69) is 6.92 Å². The van der Waals surface area contributed by atoms with Gasteiger partial charge in [-0.25, -0.2) is 0 Å². The number of carboxylic acid groups (broad SMARTS) is 1. The molecule has 4 nitrogen and oxygen atoms in total. The molecule has 15 heavy (non-hydrogen) atoms. The number of esters is 1. The van der Waals surface area contributed by atoms with Crippen LogP contribution in [0.1, 0.15) is 46.0 Å². The first kappa shape index (κ1) is 13.9. The zero-order valence-electron chi connectivity index (χ0n) is 9.49. The summed E-state index contributed by atoms with van der Waals surface area (Å²) < 4.78 is 4.83. The molecular formula is C11H20O4. The molecule has 0 heterocycles. The number of hydrogen-bond acceptors (Lipinski definition) is 3. The molecule has 4 heteroatoms. The minimum absolute atomic E-state index is 0.122. The predicted octanol–water partition coefficient (Wildman–Crippen LogP) is 2.22. The molecule has 0 saturated heterocycles. The van der Waals surface area contributed by atoms with Gasteiger partial charge in [0.25, 0.3) is 0 Å². The van der Waals surface area contributed by atoms with Crippen LogP contribution in [0.2, 0.25) is 0 Å². The Bertz CT molecular complexity index is 201. The van der Waals surface area contributed by atoms with Gasteiger partial charge in [-0.1, -0.05) is 26.2 Å². The van der Waals surface area contributed by atoms with Gasteiger partial charge in [-0.2, -0.15) is 0 Å². The van der Waals surface area contributed by atoms with Crippen molar-refractivity contribution in [3.05, 3.63) is 0 Å². The van der Waals surface area contributed by atoms with Crippen molar-refractivity contribution in [2.75, 3.05) is 6.61 Å². The molecule has 0 aromatic heterocycles. The van der Waals surface area contributed by atoms with E-state index in [9.17, 15) is 9.59 Å². The van der Waals surface area contributed by atoms with Crippen LogP contribution in [0.15, 0.2) is 0 Å². The molecule has 1 N–H and O–H groups in total. The van der Waals surface area contributed by atoms with Crippen LogP contribution in [0.25, 0.3) is 0 Å². The smallest absolute Gasteiger partial charge is 0.309 e. The zero-order chi connectivity index (χ0) is 11.7. The van der Waals surface area contributed by atoms with E-state index < -0.39 is 11.9 Å². The average Bonchev–Trinajstić information content (AvgIpc) is 2.16. The minimum Gasteiger partial charge on any atom is -0.481 e. The predicted molar refractivity (Wildman–Crippen MR) is 56.5 cm³/mol. The van der Waals surface area contributed by atoms with Gasteiger partial charge >= 0.3 is 11.9 Å². The van der Waals surface area contributed by atoms with Crippen molar-refractivity contribution >= 4 is 11.9 Å². The fourth-order valence-electron chi connectivity index (χ4n) is 1.41. The van der Waals surface area contributed by atoms with E-state index in [0.717, 1.165) is 19.3 Å². The third kappa shape index (κ3) is 6.94. The Kier molecular flexibility index (Phi) is 7.68. The first-order valence-electron chi connectivity index (χ1n) is 5.50. The van der Waals surface area contributed by atoms with Gasteiger partial charge in [0.1, 0.15) is 0 Å². The molecule has 0 aliphatic rings. The zero-order valence-corrected chi connectivity index (χ0v) is 9.49. The highest BCUT2D eigenvalue weighted by Crippen LogP contribution is 2.15. The van der Waals surface area contributed by atoms with Gasteiger partial charge in [0.2, 0.25) is 0 Å². The Morgan fingerprint density at radius 1 is 1.27 bits per heavy atom. The average molecular weight is 216 g/mol. The monoisotopic (exact) mass is 216 g/mol. The van der Waals surface area contributed by atoms with Gasteiger partial charge in [-0.15, -0.1) is 0 Å². The lowest BCUT2D eigenvalue weighted by atomic mass is 9.98. The Balaban J connectivity index is 4.05. The normalized spacial score (nSPS) is 12.1. The second-order valence-electron chi connectivity index (χ2n) is 3.54. The second kappa shape index (κ2) is 8.26. The van der Waals surface area contributed by atoms with Crippen molar-refractivity contribution in [3.8, 4) is 0 Å². The molecule has 0 saturated carbocycles. The van der Waals surface area contributed by atoms with Gasteiger partial charge in [-0.05, 0) is 13.3 Å². The van der Waals surface area contributed by atoms with E-state index >= 15 is 0 Å². The Hall–Kier alpha value is -1.06. The number of carboxylic acids is 1. The summed E-state index contributed by atoms with van der Waals surface area (Å²) in [6, 6.07) is 0. The van der Waals surface area contributed by atoms with Crippen LogP contribution < -0.4 is 0 Å². The third-order valence-electron chi connectivity index (χ3n) is 2.20. The molecule has 0 unspecified atom stereocenters. The van der Waals surface area contributed by atoms with Crippen LogP contribution in [0, 0.1) is 5.92 Å². The molecular weight excluding hydrogens is 196 g/mol. The number of ether oxygens (including phenoxy) is 1. The first-order chi connectivity index (χ1) is 7.11. The van der Waals surface area contributed by atoms with E-state index in [1.54, 1.807) is 6.92 Å². The van der Waals surface area contributed by atoms with Gasteiger partial charge in [0.05, 0.1) is 18.9 Å². The summed E-state index contributed by atoms with van der Waals surface area (Å²) in [4.78, 5) is 21.9. The molecule has 0 amide bonds. The van der Waals surface area contributed by atoms with Crippen LogP contribution in [-0.2, 0) is 14.3 Å². The highest BCUT2D eigenvalue weighted by molar-refractivity contribution is 5.78. The van der Waals surface area contributed by atoms with Crippen LogP contribution >= 0.6 is 0 Å². The Morgan fingerprint density at radius 3 is 2.40 bits per heavy atom. The number of aliphatic carboxylic acids is 1.